The van der Waals surface area contributed by atoms with Crippen LogP contribution < -0.4 is 9.92 Å². The Labute approximate surface area is 84.1 Å². The lowest BCUT2D eigenvalue weighted by Gasteiger charge is -2.09. The molecule has 0 aromatic heterocycles. The molecule has 0 aliphatic rings. The Hall–Kier alpha value is -0.843. The van der Waals surface area contributed by atoms with Crippen molar-refractivity contribution >= 4 is 15.2 Å². The molecule has 4 heteroatoms. The molecule has 0 aliphatic heterocycles. The molecular formula is C9H14O3Si. The lowest BCUT2D eigenvalue weighted by atomic mass is 10.3. The van der Waals surface area contributed by atoms with Crippen LogP contribution in [0.5, 0.6) is 5.75 Å². The minimum atomic E-state index is -3.50. The highest BCUT2D eigenvalue weighted by atomic mass is 28.1. The summed E-state index contributed by atoms with van der Waals surface area (Å²) in [5.41, 5.74) is 0. The fourth-order valence-electron chi connectivity index (χ4n) is 0.796. The van der Waals surface area contributed by atoms with E-state index in [-0.39, 0.29) is 13.2 Å². The highest BCUT2D eigenvalue weighted by Gasteiger charge is 2.01. The monoisotopic (exact) mass is 204 g/mol. The smallest absolute Gasteiger partial charge is 0.119 e. The van der Waals surface area contributed by atoms with Crippen molar-refractivity contribution in [1.29, 1.82) is 3.70 Å². The fourth-order valence-corrected chi connectivity index (χ4v) is 0.963. The topological polar surface area (TPSA) is 49.7 Å². The third kappa shape index (κ3) is 3.58. The van der Waals surface area contributed by atoms with Gasteiger partial charge in [0.1, 0.15) is 18.5 Å². The van der Waals surface area contributed by atoms with Gasteiger partial charge < -0.3 is 14.9 Å². The molecule has 0 fully saturated rings. The molecule has 2 N–H and O–H groups in total. The molecule has 1 aromatic carbocycles. The number of aliphatic hydroxyl groups is 2. The summed E-state index contributed by atoms with van der Waals surface area (Å²) in [6, 6.07) is 6.14. The van der Waals surface area contributed by atoms with E-state index >= 15 is 0 Å². The average molecular weight is 204 g/mol. The number of rotatable bonds is 5. The molecule has 0 saturated heterocycles. The zero-order chi connectivity index (χ0) is 12.2. The summed E-state index contributed by atoms with van der Waals surface area (Å²) in [4.78, 5) is 0. The molecule has 3 nitrogen and oxygen atoms in total. The number of aliphatic hydroxyl groups excluding tert-OH is 2. The van der Waals surface area contributed by atoms with Crippen molar-refractivity contribution in [3.05, 3.63) is 24.3 Å². The SMILES string of the molecule is [3H][Si]([3H])([3H])c1ccc(OCC(O)CO)cc1. The Morgan fingerprint density at radius 3 is 2.69 bits per heavy atom. The summed E-state index contributed by atoms with van der Waals surface area (Å²) >= 11 is 0. The largest absolute Gasteiger partial charge is 0.491 e. The van der Waals surface area contributed by atoms with Crippen LogP contribution in [0.3, 0.4) is 0 Å². The van der Waals surface area contributed by atoms with E-state index < -0.39 is 16.1 Å². The Balaban J connectivity index is 2.58. The molecule has 0 spiro atoms. The van der Waals surface area contributed by atoms with Crippen molar-refractivity contribution in [3.8, 4) is 5.75 Å². The van der Waals surface area contributed by atoms with Gasteiger partial charge in [-0.3, -0.25) is 0 Å². The lowest BCUT2D eigenvalue weighted by Crippen LogP contribution is -2.21. The van der Waals surface area contributed by atoms with E-state index in [9.17, 15) is 0 Å². The summed E-state index contributed by atoms with van der Waals surface area (Å²) in [6.07, 6.45) is -0.920. The first-order chi connectivity index (χ1) is 7.43. The van der Waals surface area contributed by atoms with Crippen LogP contribution in [0.2, 0.25) is 0 Å². The van der Waals surface area contributed by atoms with Crippen LogP contribution in [0.4, 0.5) is 0 Å². The molecule has 0 saturated carbocycles. The maximum atomic E-state index is 9.04. The second-order valence-electron chi connectivity index (χ2n) is 2.67. The van der Waals surface area contributed by atoms with Gasteiger partial charge in [0.25, 0.3) is 0 Å². The maximum absolute atomic E-state index is 9.04. The molecule has 0 bridgehead atoms. The van der Waals surface area contributed by atoms with E-state index in [1.807, 2.05) is 0 Å². The standard InChI is InChI=1S/C9H14O3Si/c10-5-7(11)6-12-8-1-3-9(13)4-2-8/h1-4,7,10-11H,5-6H2,13H3/i13T3. The highest BCUT2D eigenvalue weighted by molar-refractivity contribution is 6.32. The predicted octanol–water partition coefficient (Wildman–Crippen LogP) is -1.59. The molecule has 1 aromatic rings. The molecule has 1 rings (SSSR count). The molecule has 0 amide bonds. The fraction of sp³-hybridized carbons (Fsp3) is 0.333. The first-order valence-electron chi connectivity index (χ1n) is 5.46. The van der Waals surface area contributed by atoms with E-state index in [0.29, 0.717) is 10.9 Å². The summed E-state index contributed by atoms with van der Waals surface area (Å²) in [7, 11) is -3.50. The van der Waals surface area contributed by atoms with Gasteiger partial charge in [0.2, 0.25) is 0 Å². The normalized spacial score (nSPS) is 16.9. The van der Waals surface area contributed by atoms with Gasteiger partial charge in [-0.1, -0.05) is 17.3 Å². The zero-order valence-corrected chi connectivity index (χ0v) is 8.10. The first kappa shape index (κ1) is 6.59. The minimum absolute atomic E-state index is 0.0129. The third-order valence-electron chi connectivity index (χ3n) is 1.51. The van der Waals surface area contributed by atoms with Gasteiger partial charge in [-0.25, -0.2) is 0 Å². The van der Waals surface area contributed by atoms with Gasteiger partial charge in [-0.2, -0.15) is 0 Å². The summed E-state index contributed by atoms with van der Waals surface area (Å²) in [5.74, 6) is 0.481. The van der Waals surface area contributed by atoms with Crippen molar-refractivity contribution in [2.45, 2.75) is 6.10 Å². The Kier molecular flexibility index (Phi) is 2.54. The number of ether oxygens (including phenoxy) is 1. The van der Waals surface area contributed by atoms with Crippen molar-refractivity contribution in [3.63, 3.8) is 0 Å². The van der Waals surface area contributed by atoms with E-state index in [2.05, 4.69) is 0 Å². The Bertz CT molecular complexity index is 326. The average Bonchev–Trinajstić information content (AvgIpc) is 2.25. The van der Waals surface area contributed by atoms with Gasteiger partial charge in [0, 0.05) is 13.7 Å². The summed E-state index contributed by atoms with van der Waals surface area (Å²) in [6.45, 7) is -0.374. The predicted molar refractivity (Wildman–Crippen MR) is 54.6 cm³/mol. The second-order valence-corrected chi connectivity index (χ2v) is 3.25. The Morgan fingerprint density at radius 2 is 2.15 bits per heavy atom. The zero-order valence-electron chi connectivity index (χ0n) is 10.1. The van der Waals surface area contributed by atoms with Crippen LogP contribution in [0.15, 0.2) is 24.3 Å². The van der Waals surface area contributed by atoms with Gasteiger partial charge >= 0.3 is 0 Å². The molecule has 1 atom stereocenters. The van der Waals surface area contributed by atoms with Crippen molar-refractivity contribution < 1.29 is 14.9 Å². The molecular weight excluding hydrogens is 184 g/mol. The quantitative estimate of drug-likeness (QED) is 0.569. The van der Waals surface area contributed by atoms with Crippen molar-refractivity contribution in [2.24, 2.45) is 0 Å². The number of benzene rings is 1. The lowest BCUT2D eigenvalue weighted by molar-refractivity contribution is 0.0536. The molecule has 0 aliphatic carbocycles. The number of hydrogen-bond acceptors (Lipinski definition) is 3. The van der Waals surface area contributed by atoms with Gasteiger partial charge in [0.05, 0.1) is 6.61 Å². The third-order valence-corrected chi connectivity index (χ3v) is 1.84. The van der Waals surface area contributed by atoms with Crippen molar-refractivity contribution in [1.82, 2.24) is 0 Å². The van der Waals surface area contributed by atoms with E-state index in [1.54, 1.807) is 12.1 Å². The van der Waals surface area contributed by atoms with Crippen molar-refractivity contribution in [2.75, 3.05) is 13.2 Å². The Morgan fingerprint density at radius 1 is 1.46 bits per heavy atom. The van der Waals surface area contributed by atoms with Crippen LogP contribution in [0.1, 0.15) is 0 Å². The molecule has 0 heterocycles. The van der Waals surface area contributed by atoms with Crippen LogP contribution >= 0.6 is 0 Å². The van der Waals surface area contributed by atoms with Crippen LogP contribution in [0.25, 0.3) is 0 Å². The van der Waals surface area contributed by atoms with E-state index in [0.717, 1.165) is 0 Å². The van der Waals surface area contributed by atoms with E-state index in [1.165, 1.54) is 12.1 Å². The first-order valence-corrected chi connectivity index (χ1v) is 4.46. The van der Waals surface area contributed by atoms with Gasteiger partial charge in [0.15, 0.2) is 0 Å². The van der Waals surface area contributed by atoms with Crippen LogP contribution in [-0.4, -0.2) is 43.3 Å². The molecule has 1 unspecified atom stereocenters. The van der Waals surface area contributed by atoms with Crippen LogP contribution in [0, 0.1) is 0 Å². The maximum Gasteiger partial charge on any atom is 0.119 e. The second kappa shape index (κ2) is 5.01. The summed E-state index contributed by atoms with van der Waals surface area (Å²) in [5, 5.41) is 18.0. The van der Waals surface area contributed by atoms with E-state index in [4.69, 9.17) is 18.7 Å². The molecule has 72 valence electrons. The molecule has 13 heavy (non-hydrogen) atoms. The van der Waals surface area contributed by atoms with Gasteiger partial charge in [-0.05, 0) is 12.1 Å². The number of hydrogen-bond donors (Lipinski definition) is 2. The van der Waals surface area contributed by atoms with Crippen LogP contribution in [-0.2, 0) is 0 Å². The highest BCUT2D eigenvalue weighted by Crippen LogP contribution is 2.07. The molecule has 0 radical (unpaired) electrons. The minimum Gasteiger partial charge on any atom is -0.491 e. The van der Waals surface area contributed by atoms with Gasteiger partial charge in [-0.15, -0.1) is 0 Å². The summed E-state index contributed by atoms with van der Waals surface area (Å²) < 4.78 is 27.1.